The molecule has 1 unspecified atom stereocenters. The van der Waals surface area contributed by atoms with Crippen LogP contribution < -0.4 is 9.47 Å². The zero-order chi connectivity index (χ0) is 14.8. The van der Waals surface area contributed by atoms with Crippen LogP contribution in [0.4, 0.5) is 0 Å². The Morgan fingerprint density at radius 2 is 2.19 bits per heavy atom. The van der Waals surface area contributed by atoms with Gasteiger partial charge in [0.15, 0.2) is 11.5 Å². The predicted molar refractivity (Wildman–Crippen MR) is 70.5 cm³/mol. The smallest absolute Gasteiger partial charge is 0.306 e. The maximum Gasteiger partial charge on any atom is 0.306 e. The largest absolute Gasteiger partial charge is 0.481 e. The van der Waals surface area contributed by atoms with E-state index in [9.17, 15) is 9.59 Å². The molecule has 1 saturated heterocycles. The summed E-state index contributed by atoms with van der Waals surface area (Å²) in [6.45, 7) is 1.12. The Bertz CT molecular complexity index is 573. The summed E-state index contributed by atoms with van der Waals surface area (Å²) in [7, 11) is 0. The number of aliphatic carboxylic acids is 1. The minimum atomic E-state index is -0.938. The molecule has 21 heavy (non-hydrogen) atoms. The number of hydrogen-bond donors (Lipinski definition) is 1. The van der Waals surface area contributed by atoms with Gasteiger partial charge in [0.25, 0.3) is 5.91 Å². The Labute approximate surface area is 121 Å². The fourth-order valence-electron chi connectivity index (χ4n) is 2.49. The van der Waals surface area contributed by atoms with Gasteiger partial charge in [-0.15, -0.1) is 0 Å². The summed E-state index contributed by atoms with van der Waals surface area (Å²) in [5.74, 6) is -0.136. The molecule has 0 aromatic heterocycles. The van der Waals surface area contributed by atoms with Crippen molar-refractivity contribution in [3.8, 4) is 11.5 Å². The highest BCUT2D eigenvalue weighted by molar-refractivity contribution is 5.98. The molecule has 1 aromatic rings. The van der Waals surface area contributed by atoms with Crippen LogP contribution in [0.25, 0.3) is 0 Å². The molecule has 1 aromatic carbocycles. The lowest BCUT2D eigenvalue weighted by Crippen LogP contribution is -2.46. The van der Waals surface area contributed by atoms with E-state index in [0.717, 1.165) is 0 Å². The van der Waals surface area contributed by atoms with E-state index in [1.807, 2.05) is 0 Å². The molecule has 112 valence electrons. The standard InChI is InChI=1S/C14H15NO6/c16-12(17)6-9-7-15(4-5-19-9)14(18)10-2-1-3-11-13(10)21-8-20-11/h1-3,9H,4-8H2,(H,16,17). The first kappa shape index (κ1) is 13.7. The van der Waals surface area contributed by atoms with Gasteiger partial charge >= 0.3 is 5.97 Å². The van der Waals surface area contributed by atoms with Crippen LogP contribution >= 0.6 is 0 Å². The van der Waals surface area contributed by atoms with E-state index < -0.39 is 12.1 Å². The first-order valence-electron chi connectivity index (χ1n) is 6.66. The van der Waals surface area contributed by atoms with E-state index in [4.69, 9.17) is 19.3 Å². The second-order valence-corrected chi connectivity index (χ2v) is 4.88. The number of carbonyl (C=O) groups excluding carboxylic acids is 1. The van der Waals surface area contributed by atoms with Gasteiger partial charge in [-0.3, -0.25) is 9.59 Å². The minimum Gasteiger partial charge on any atom is -0.481 e. The lowest BCUT2D eigenvalue weighted by Gasteiger charge is -2.32. The zero-order valence-corrected chi connectivity index (χ0v) is 11.3. The Balaban J connectivity index is 1.76. The van der Waals surface area contributed by atoms with Crippen molar-refractivity contribution in [1.29, 1.82) is 0 Å². The molecule has 2 heterocycles. The van der Waals surface area contributed by atoms with Crippen molar-refractivity contribution in [2.45, 2.75) is 12.5 Å². The summed E-state index contributed by atoms with van der Waals surface area (Å²) < 4.78 is 16.0. The van der Waals surface area contributed by atoms with Gasteiger partial charge in [0, 0.05) is 13.1 Å². The number of para-hydroxylation sites is 1. The van der Waals surface area contributed by atoms with Crippen LogP contribution in [0.3, 0.4) is 0 Å². The third-order valence-electron chi connectivity index (χ3n) is 3.46. The molecule has 2 aliphatic rings. The van der Waals surface area contributed by atoms with Crippen LogP contribution in [0.1, 0.15) is 16.8 Å². The fourth-order valence-corrected chi connectivity index (χ4v) is 2.49. The highest BCUT2D eigenvalue weighted by atomic mass is 16.7. The molecule has 1 atom stereocenters. The van der Waals surface area contributed by atoms with Crippen LogP contribution in [-0.2, 0) is 9.53 Å². The molecule has 0 bridgehead atoms. The number of hydrogen-bond acceptors (Lipinski definition) is 5. The lowest BCUT2D eigenvalue weighted by molar-refractivity contribution is -0.141. The van der Waals surface area contributed by atoms with Gasteiger partial charge in [-0.25, -0.2) is 0 Å². The number of nitrogens with zero attached hydrogens (tertiary/aromatic N) is 1. The summed E-state index contributed by atoms with van der Waals surface area (Å²) in [6, 6.07) is 5.15. The third-order valence-corrected chi connectivity index (χ3v) is 3.46. The van der Waals surface area contributed by atoms with Gasteiger partial charge < -0.3 is 24.2 Å². The Kier molecular flexibility index (Phi) is 3.66. The fraction of sp³-hybridized carbons (Fsp3) is 0.429. The molecule has 1 fully saturated rings. The highest BCUT2D eigenvalue weighted by Crippen LogP contribution is 2.36. The first-order valence-corrected chi connectivity index (χ1v) is 6.66. The summed E-state index contributed by atoms with van der Waals surface area (Å²) in [6.07, 6.45) is -0.592. The molecule has 3 rings (SSSR count). The molecule has 1 N–H and O–H groups in total. The number of rotatable bonds is 3. The van der Waals surface area contributed by atoms with Gasteiger partial charge in [0.2, 0.25) is 6.79 Å². The normalized spacial score (nSPS) is 20.4. The van der Waals surface area contributed by atoms with Crippen molar-refractivity contribution < 1.29 is 28.9 Å². The maximum absolute atomic E-state index is 12.6. The molecule has 7 heteroatoms. The van der Waals surface area contributed by atoms with E-state index >= 15 is 0 Å². The van der Waals surface area contributed by atoms with Crippen molar-refractivity contribution in [3.63, 3.8) is 0 Å². The average molecular weight is 293 g/mol. The highest BCUT2D eigenvalue weighted by Gasteiger charge is 2.30. The maximum atomic E-state index is 12.6. The topological polar surface area (TPSA) is 85.3 Å². The van der Waals surface area contributed by atoms with E-state index in [1.54, 1.807) is 23.1 Å². The summed E-state index contributed by atoms with van der Waals surface area (Å²) in [5, 5.41) is 8.81. The average Bonchev–Trinajstić information content (AvgIpc) is 2.94. The molecular formula is C14H15NO6. The van der Waals surface area contributed by atoms with Crippen LogP contribution in [0.2, 0.25) is 0 Å². The van der Waals surface area contributed by atoms with Crippen molar-refractivity contribution >= 4 is 11.9 Å². The second-order valence-electron chi connectivity index (χ2n) is 4.88. The van der Waals surface area contributed by atoms with Gasteiger partial charge in [-0.1, -0.05) is 6.07 Å². The van der Waals surface area contributed by atoms with E-state index in [2.05, 4.69) is 0 Å². The van der Waals surface area contributed by atoms with Gasteiger partial charge in [-0.2, -0.15) is 0 Å². The van der Waals surface area contributed by atoms with Crippen LogP contribution in [0.15, 0.2) is 18.2 Å². The summed E-state index contributed by atoms with van der Waals surface area (Å²) in [4.78, 5) is 24.9. The van der Waals surface area contributed by atoms with Crippen LogP contribution in [-0.4, -0.2) is 54.5 Å². The van der Waals surface area contributed by atoms with Crippen LogP contribution in [0, 0.1) is 0 Å². The van der Waals surface area contributed by atoms with Gasteiger partial charge in [0.05, 0.1) is 24.7 Å². The third kappa shape index (κ3) is 2.78. The number of carboxylic acid groups (broad SMARTS) is 1. The Morgan fingerprint density at radius 1 is 1.33 bits per heavy atom. The summed E-state index contributed by atoms with van der Waals surface area (Å²) in [5.41, 5.74) is 0.431. The van der Waals surface area contributed by atoms with E-state index in [0.29, 0.717) is 30.2 Å². The first-order chi connectivity index (χ1) is 10.1. The van der Waals surface area contributed by atoms with Gasteiger partial charge in [-0.05, 0) is 12.1 Å². The van der Waals surface area contributed by atoms with Gasteiger partial charge in [0.1, 0.15) is 0 Å². The molecular weight excluding hydrogens is 278 g/mol. The molecule has 0 aliphatic carbocycles. The number of carboxylic acids is 1. The Hall–Kier alpha value is -2.28. The lowest BCUT2D eigenvalue weighted by atomic mass is 10.1. The zero-order valence-electron chi connectivity index (χ0n) is 11.3. The molecule has 0 radical (unpaired) electrons. The number of carbonyl (C=O) groups is 2. The predicted octanol–water partition coefficient (Wildman–Crippen LogP) is 0.731. The van der Waals surface area contributed by atoms with Crippen molar-refractivity contribution in [3.05, 3.63) is 23.8 Å². The number of amides is 1. The van der Waals surface area contributed by atoms with E-state index in [1.165, 1.54) is 0 Å². The second kappa shape index (κ2) is 5.61. The quantitative estimate of drug-likeness (QED) is 0.884. The minimum absolute atomic E-state index is 0.102. The molecule has 0 spiro atoms. The number of benzene rings is 1. The monoisotopic (exact) mass is 293 g/mol. The number of fused-ring (bicyclic) bond motifs is 1. The van der Waals surface area contributed by atoms with E-state index in [-0.39, 0.29) is 25.7 Å². The summed E-state index contributed by atoms with van der Waals surface area (Å²) >= 11 is 0. The molecule has 2 aliphatic heterocycles. The van der Waals surface area contributed by atoms with Crippen LogP contribution in [0.5, 0.6) is 11.5 Å². The molecule has 0 saturated carbocycles. The number of ether oxygens (including phenoxy) is 3. The number of morpholine rings is 1. The SMILES string of the molecule is O=C(O)CC1CN(C(=O)c2cccc3c2OCO3)CCO1. The van der Waals surface area contributed by atoms with Crippen molar-refractivity contribution in [1.82, 2.24) is 4.90 Å². The van der Waals surface area contributed by atoms with Crippen molar-refractivity contribution in [2.75, 3.05) is 26.5 Å². The Morgan fingerprint density at radius 3 is 3.00 bits per heavy atom. The molecule has 1 amide bonds. The molecule has 7 nitrogen and oxygen atoms in total. The van der Waals surface area contributed by atoms with Crippen molar-refractivity contribution in [2.24, 2.45) is 0 Å².